The van der Waals surface area contributed by atoms with Crippen molar-refractivity contribution in [3.8, 4) is 11.5 Å². The summed E-state index contributed by atoms with van der Waals surface area (Å²) in [6.45, 7) is 8.29. The molecule has 3 fully saturated rings. The first-order chi connectivity index (χ1) is 15.0. The number of amides is 1. The normalized spacial score (nSPS) is 25.9. The van der Waals surface area contributed by atoms with Gasteiger partial charge in [-0.15, -0.1) is 0 Å². The fourth-order valence-corrected chi connectivity index (χ4v) is 4.93. The summed E-state index contributed by atoms with van der Waals surface area (Å²) in [5, 5.41) is 3.25. The van der Waals surface area contributed by atoms with E-state index < -0.39 is 0 Å². The van der Waals surface area contributed by atoms with E-state index in [2.05, 4.69) is 39.2 Å². The second kappa shape index (κ2) is 10.2. The van der Waals surface area contributed by atoms with E-state index in [0.29, 0.717) is 12.0 Å². The second-order valence-corrected chi connectivity index (χ2v) is 9.57. The summed E-state index contributed by atoms with van der Waals surface area (Å²) in [6.07, 6.45) is 3.27. The molecule has 2 atom stereocenters. The van der Waals surface area contributed by atoms with Crippen LogP contribution in [0.2, 0.25) is 0 Å². The highest BCUT2D eigenvalue weighted by molar-refractivity contribution is 5.79. The van der Waals surface area contributed by atoms with Gasteiger partial charge in [0.2, 0.25) is 5.91 Å². The number of likely N-dealkylation sites (N-methyl/N-ethyl adjacent to an activating group) is 1. The number of hydrogen-bond donors (Lipinski definition) is 1. The largest absolute Gasteiger partial charge is 0.493 e. The number of nitrogens with zero attached hydrogens (tertiary/aromatic N) is 3. The number of piperazine rings is 1. The first-order valence-corrected chi connectivity index (χ1v) is 11.7. The Kier molecular flexibility index (Phi) is 7.35. The maximum atomic E-state index is 12.9. The van der Waals surface area contributed by atoms with Gasteiger partial charge >= 0.3 is 0 Å². The highest BCUT2D eigenvalue weighted by Gasteiger charge is 2.35. The molecule has 4 rings (SSSR count). The van der Waals surface area contributed by atoms with Gasteiger partial charge in [-0.05, 0) is 49.9 Å². The third kappa shape index (κ3) is 6.11. The molecule has 7 heteroatoms. The lowest BCUT2D eigenvalue weighted by atomic mass is 9.87. The molecule has 1 N–H and O–H groups in total. The van der Waals surface area contributed by atoms with Gasteiger partial charge < -0.3 is 24.6 Å². The van der Waals surface area contributed by atoms with Gasteiger partial charge in [0, 0.05) is 58.4 Å². The Labute approximate surface area is 186 Å². The Morgan fingerprint density at radius 2 is 1.77 bits per heavy atom. The Morgan fingerprint density at radius 1 is 1.03 bits per heavy atom. The number of ether oxygens (including phenoxy) is 2. The molecule has 2 heterocycles. The van der Waals surface area contributed by atoms with Crippen molar-refractivity contribution in [2.45, 2.75) is 31.8 Å². The van der Waals surface area contributed by atoms with Gasteiger partial charge in [0.1, 0.15) is 0 Å². The molecule has 7 nitrogen and oxygen atoms in total. The van der Waals surface area contributed by atoms with Gasteiger partial charge in [0.25, 0.3) is 0 Å². The standard InChI is InChI=1S/C24H38N4O3/c1-26-8-10-27(11-9-26)15-19-12-20(24(29)25-21-5-6-21)17-28(16-19)14-18-4-7-22(30-2)23(13-18)31-3/h4,7,13,19-21H,5-6,8-12,14-17H2,1-3H3,(H,25,29)/t19-,20-/m1/s1. The summed E-state index contributed by atoms with van der Waals surface area (Å²) in [7, 11) is 5.53. The SMILES string of the molecule is COc1ccc(CN2C[C@@H](CN3CCN(C)CC3)C[C@@H](C(=O)NC3CC3)C2)cc1OC. The minimum absolute atomic E-state index is 0.0759. The van der Waals surface area contributed by atoms with E-state index in [0.717, 1.165) is 83.1 Å². The molecule has 1 amide bonds. The monoisotopic (exact) mass is 430 g/mol. The van der Waals surface area contributed by atoms with E-state index in [-0.39, 0.29) is 11.8 Å². The molecular weight excluding hydrogens is 392 g/mol. The maximum Gasteiger partial charge on any atom is 0.224 e. The highest BCUT2D eigenvalue weighted by Crippen LogP contribution is 2.30. The minimum Gasteiger partial charge on any atom is -0.493 e. The van der Waals surface area contributed by atoms with Crippen LogP contribution in [0.4, 0.5) is 0 Å². The Hall–Kier alpha value is -1.83. The fourth-order valence-electron chi connectivity index (χ4n) is 4.93. The zero-order valence-corrected chi connectivity index (χ0v) is 19.3. The van der Waals surface area contributed by atoms with Gasteiger partial charge in [-0.2, -0.15) is 0 Å². The number of carbonyl (C=O) groups is 1. The molecule has 0 radical (unpaired) electrons. The lowest BCUT2D eigenvalue weighted by molar-refractivity contribution is -0.128. The highest BCUT2D eigenvalue weighted by atomic mass is 16.5. The summed E-state index contributed by atoms with van der Waals surface area (Å²) in [6, 6.07) is 6.55. The summed E-state index contributed by atoms with van der Waals surface area (Å²) >= 11 is 0. The van der Waals surface area contributed by atoms with Crippen LogP contribution in [-0.4, -0.2) is 93.7 Å². The summed E-state index contributed by atoms with van der Waals surface area (Å²) in [5.41, 5.74) is 1.19. The van der Waals surface area contributed by atoms with Crippen molar-refractivity contribution in [2.75, 3.05) is 67.1 Å². The van der Waals surface area contributed by atoms with E-state index in [9.17, 15) is 4.79 Å². The summed E-state index contributed by atoms with van der Waals surface area (Å²) < 4.78 is 10.9. The van der Waals surface area contributed by atoms with Gasteiger partial charge in [0.15, 0.2) is 11.5 Å². The molecule has 0 aromatic heterocycles. The molecule has 1 saturated carbocycles. The third-order valence-corrected chi connectivity index (χ3v) is 6.87. The molecule has 1 aromatic carbocycles. The van der Waals surface area contributed by atoms with Gasteiger partial charge in [-0.3, -0.25) is 9.69 Å². The topological polar surface area (TPSA) is 57.3 Å². The fraction of sp³-hybridized carbons (Fsp3) is 0.708. The van der Waals surface area contributed by atoms with Crippen LogP contribution in [0, 0.1) is 11.8 Å². The number of rotatable bonds is 8. The van der Waals surface area contributed by atoms with E-state index in [1.165, 1.54) is 5.56 Å². The van der Waals surface area contributed by atoms with Crippen LogP contribution in [0.15, 0.2) is 18.2 Å². The van der Waals surface area contributed by atoms with Crippen LogP contribution in [0.3, 0.4) is 0 Å². The van der Waals surface area contributed by atoms with Crippen molar-refractivity contribution in [2.24, 2.45) is 11.8 Å². The molecule has 1 aliphatic carbocycles. The molecule has 1 aromatic rings. The van der Waals surface area contributed by atoms with Gasteiger partial charge in [0.05, 0.1) is 20.1 Å². The zero-order chi connectivity index (χ0) is 21.8. The van der Waals surface area contributed by atoms with E-state index in [1.54, 1.807) is 14.2 Å². The summed E-state index contributed by atoms with van der Waals surface area (Å²) in [4.78, 5) is 20.4. The Morgan fingerprint density at radius 3 is 2.45 bits per heavy atom. The lowest BCUT2D eigenvalue weighted by Gasteiger charge is -2.41. The number of nitrogens with one attached hydrogen (secondary N) is 1. The average molecular weight is 431 g/mol. The van der Waals surface area contributed by atoms with Crippen LogP contribution in [0.1, 0.15) is 24.8 Å². The van der Waals surface area contributed by atoms with E-state index in [4.69, 9.17) is 9.47 Å². The molecule has 0 bridgehead atoms. The van der Waals surface area contributed by atoms with Crippen molar-refractivity contribution in [1.29, 1.82) is 0 Å². The smallest absolute Gasteiger partial charge is 0.224 e. The first kappa shape index (κ1) is 22.4. The van der Waals surface area contributed by atoms with Crippen LogP contribution in [0.25, 0.3) is 0 Å². The predicted molar refractivity (Wildman–Crippen MR) is 122 cm³/mol. The predicted octanol–water partition coefficient (Wildman–Crippen LogP) is 1.67. The molecule has 2 aliphatic heterocycles. The number of methoxy groups -OCH3 is 2. The van der Waals surface area contributed by atoms with Crippen molar-refractivity contribution in [3.63, 3.8) is 0 Å². The Bertz CT molecular complexity index is 746. The summed E-state index contributed by atoms with van der Waals surface area (Å²) in [5.74, 6) is 2.36. The molecule has 31 heavy (non-hydrogen) atoms. The van der Waals surface area contributed by atoms with Crippen LogP contribution >= 0.6 is 0 Å². The molecule has 0 unspecified atom stereocenters. The van der Waals surface area contributed by atoms with Gasteiger partial charge in [-0.25, -0.2) is 0 Å². The number of likely N-dealkylation sites (tertiary alicyclic amines) is 1. The molecule has 0 spiro atoms. The molecular formula is C24H38N4O3. The second-order valence-electron chi connectivity index (χ2n) is 9.57. The lowest BCUT2D eigenvalue weighted by Crippen LogP contribution is -2.51. The molecule has 3 aliphatic rings. The first-order valence-electron chi connectivity index (χ1n) is 11.7. The number of benzene rings is 1. The van der Waals surface area contributed by atoms with Crippen molar-refractivity contribution in [3.05, 3.63) is 23.8 Å². The van der Waals surface area contributed by atoms with E-state index in [1.807, 2.05) is 6.07 Å². The maximum absolute atomic E-state index is 12.9. The van der Waals surface area contributed by atoms with Crippen molar-refractivity contribution >= 4 is 5.91 Å². The minimum atomic E-state index is 0.0759. The number of carbonyl (C=O) groups excluding carboxylic acids is 1. The van der Waals surface area contributed by atoms with E-state index >= 15 is 0 Å². The van der Waals surface area contributed by atoms with Gasteiger partial charge in [-0.1, -0.05) is 6.07 Å². The zero-order valence-electron chi connectivity index (χ0n) is 19.3. The van der Waals surface area contributed by atoms with Crippen molar-refractivity contribution in [1.82, 2.24) is 20.0 Å². The number of hydrogen-bond acceptors (Lipinski definition) is 6. The third-order valence-electron chi connectivity index (χ3n) is 6.87. The van der Waals surface area contributed by atoms with Crippen LogP contribution < -0.4 is 14.8 Å². The quantitative estimate of drug-likeness (QED) is 0.677. The molecule has 172 valence electrons. The number of piperidine rings is 1. The molecule has 2 saturated heterocycles. The van der Waals surface area contributed by atoms with Crippen LogP contribution in [-0.2, 0) is 11.3 Å². The average Bonchev–Trinajstić information content (AvgIpc) is 3.59. The van der Waals surface area contributed by atoms with Crippen LogP contribution in [0.5, 0.6) is 11.5 Å². The van der Waals surface area contributed by atoms with Crippen molar-refractivity contribution < 1.29 is 14.3 Å². The Balaban J connectivity index is 1.42.